The van der Waals surface area contributed by atoms with E-state index in [1.807, 2.05) is 12.1 Å². The molecule has 0 fully saturated rings. The molecule has 0 radical (unpaired) electrons. The third-order valence-corrected chi connectivity index (χ3v) is 3.48. The van der Waals surface area contributed by atoms with Gasteiger partial charge in [0.25, 0.3) is 0 Å². The van der Waals surface area contributed by atoms with Crippen molar-refractivity contribution in [3.05, 3.63) is 22.0 Å². The first kappa shape index (κ1) is 11.5. The zero-order valence-corrected chi connectivity index (χ0v) is 10.7. The van der Waals surface area contributed by atoms with Gasteiger partial charge in [0.1, 0.15) is 5.69 Å². The van der Waals surface area contributed by atoms with Crippen molar-refractivity contribution in [1.29, 1.82) is 0 Å². The molecule has 0 saturated carbocycles. The van der Waals surface area contributed by atoms with Gasteiger partial charge in [-0.25, -0.2) is 0 Å². The van der Waals surface area contributed by atoms with Gasteiger partial charge in [-0.2, -0.15) is 0 Å². The maximum Gasteiger partial charge on any atom is 0.225 e. The number of rotatable bonds is 3. The highest BCUT2D eigenvalue weighted by atomic mass is 35.5. The molecule has 0 aliphatic rings. The van der Waals surface area contributed by atoms with Crippen LogP contribution in [0.25, 0.3) is 10.6 Å². The average Bonchev–Trinajstić information content (AvgIpc) is 2.75. The molecule has 5 heteroatoms. The summed E-state index contributed by atoms with van der Waals surface area (Å²) < 4.78 is 5.79. The molecule has 0 aliphatic heterocycles. The van der Waals surface area contributed by atoms with E-state index in [1.54, 1.807) is 0 Å². The first-order chi connectivity index (χ1) is 7.58. The molecule has 0 atom stereocenters. The minimum atomic E-state index is 0.410. The fraction of sp³-hybridized carbons (Fsp3) is 0.364. The van der Waals surface area contributed by atoms with E-state index in [0.29, 0.717) is 11.8 Å². The Morgan fingerprint density at radius 1 is 1.50 bits per heavy atom. The Morgan fingerprint density at radius 3 is 2.81 bits per heavy atom. The molecule has 0 aromatic carbocycles. The predicted molar refractivity (Wildman–Crippen MR) is 67.8 cm³/mol. The largest absolute Gasteiger partial charge is 0.367 e. The Labute approximate surface area is 103 Å². The third kappa shape index (κ3) is 2.23. The van der Waals surface area contributed by atoms with Crippen molar-refractivity contribution in [2.45, 2.75) is 20.3 Å². The molecule has 3 nitrogen and oxygen atoms in total. The first-order valence-corrected chi connectivity index (χ1v) is 6.27. The highest BCUT2D eigenvalue weighted by molar-refractivity contribution is 7.19. The van der Waals surface area contributed by atoms with Crippen molar-refractivity contribution in [2.75, 3.05) is 5.73 Å². The van der Waals surface area contributed by atoms with Crippen LogP contribution in [0.5, 0.6) is 0 Å². The molecule has 0 bridgehead atoms. The summed E-state index contributed by atoms with van der Waals surface area (Å²) in [5.41, 5.74) is 7.58. The molecule has 2 heterocycles. The quantitative estimate of drug-likeness (QED) is 0.908. The van der Waals surface area contributed by atoms with Crippen LogP contribution in [-0.4, -0.2) is 5.16 Å². The Morgan fingerprint density at radius 2 is 2.25 bits per heavy atom. The number of anilines is 1. The van der Waals surface area contributed by atoms with Gasteiger partial charge in [-0.15, -0.1) is 11.3 Å². The summed E-state index contributed by atoms with van der Waals surface area (Å²) in [6, 6.07) is 3.79. The molecule has 2 aromatic heterocycles. The third-order valence-electron chi connectivity index (χ3n) is 2.24. The summed E-state index contributed by atoms with van der Waals surface area (Å²) >= 11 is 7.39. The molecular weight excluding hydrogens is 244 g/mol. The smallest absolute Gasteiger partial charge is 0.225 e. The van der Waals surface area contributed by atoms with E-state index in [9.17, 15) is 0 Å². The highest BCUT2D eigenvalue weighted by Crippen LogP contribution is 2.35. The van der Waals surface area contributed by atoms with Crippen LogP contribution in [0.3, 0.4) is 0 Å². The number of hydrogen-bond donors (Lipinski definition) is 1. The number of thiophene rings is 1. The van der Waals surface area contributed by atoms with Crippen LogP contribution in [0.4, 0.5) is 5.88 Å². The summed E-state index contributed by atoms with van der Waals surface area (Å²) in [6.07, 6.45) is 0.861. The molecule has 2 aromatic rings. The van der Waals surface area contributed by atoms with E-state index < -0.39 is 0 Å². The molecule has 2 rings (SSSR count). The van der Waals surface area contributed by atoms with Crippen LogP contribution < -0.4 is 5.73 Å². The fourth-order valence-electron chi connectivity index (χ4n) is 1.56. The molecule has 16 heavy (non-hydrogen) atoms. The van der Waals surface area contributed by atoms with Gasteiger partial charge in [-0.1, -0.05) is 30.6 Å². The predicted octanol–water partition coefficient (Wildman–Crippen LogP) is 3.84. The second-order valence-corrected chi connectivity index (χ2v) is 5.79. The minimum Gasteiger partial charge on any atom is -0.367 e. The summed E-state index contributed by atoms with van der Waals surface area (Å²) in [4.78, 5) is 1.00. The van der Waals surface area contributed by atoms with Crippen molar-refractivity contribution in [2.24, 2.45) is 5.92 Å². The van der Waals surface area contributed by atoms with Crippen molar-refractivity contribution in [3.63, 3.8) is 0 Å². The number of aromatic nitrogens is 1. The van der Waals surface area contributed by atoms with Crippen LogP contribution >= 0.6 is 22.9 Å². The van der Waals surface area contributed by atoms with E-state index >= 15 is 0 Å². The Kier molecular flexibility index (Phi) is 3.21. The van der Waals surface area contributed by atoms with Gasteiger partial charge in [0.2, 0.25) is 5.88 Å². The normalized spacial score (nSPS) is 11.2. The van der Waals surface area contributed by atoms with Crippen molar-refractivity contribution in [1.82, 2.24) is 5.16 Å². The lowest BCUT2D eigenvalue weighted by molar-refractivity contribution is 0.438. The van der Waals surface area contributed by atoms with Crippen LogP contribution in [0, 0.1) is 5.92 Å². The number of hydrogen-bond acceptors (Lipinski definition) is 4. The van der Waals surface area contributed by atoms with Gasteiger partial charge in [-0.05, 0) is 24.5 Å². The maximum atomic E-state index is 5.90. The molecular formula is C11H13ClN2OS. The SMILES string of the molecule is CC(C)Cc1c(-c2ccc(Cl)s2)noc1N. The van der Waals surface area contributed by atoms with Crippen LogP contribution in [0.15, 0.2) is 16.7 Å². The highest BCUT2D eigenvalue weighted by Gasteiger charge is 2.17. The first-order valence-electron chi connectivity index (χ1n) is 5.07. The van der Waals surface area contributed by atoms with Crippen molar-refractivity contribution < 1.29 is 4.52 Å². The summed E-state index contributed by atoms with van der Waals surface area (Å²) in [7, 11) is 0. The standard InChI is InChI=1S/C11H13ClN2OS/c1-6(2)5-7-10(14-15-11(7)13)8-3-4-9(12)16-8/h3-4,6H,5,13H2,1-2H3. The van der Waals surface area contributed by atoms with Crippen molar-refractivity contribution >= 4 is 28.8 Å². The van der Waals surface area contributed by atoms with Crippen LogP contribution in [0.2, 0.25) is 4.34 Å². The zero-order valence-electron chi connectivity index (χ0n) is 9.16. The molecule has 0 aliphatic carbocycles. The second kappa shape index (κ2) is 4.47. The molecule has 0 spiro atoms. The Hall–Kier alpha value is -1.00. The fourth-order valence-corrected chi connectivity index (χ4v) is 2.61. The van der Waals surface area contributed by atoms with Crippen LogP contribution in [0.1, 0.15) is 19.4 Å². The number of nitrogens with two attached hydrogens (primary N) is 1. The topological polar surface area (TPSA) is 52.0 Å². The van der Waals surface area contributed by atoms with Gasteiger partial charge in [-0.3, -0.25) is 0 Å². The van der Waals surface area contributed by atoms with E-state index in [-0.39, 0.29) is 0 Å². The van der Waals surface area contributed by atoms with Gasteiger partial charge in [0, 0.05) is 5.56 Å². The van der Waals surface area contributed by atoms with Gasteiger partial charge < -0.3 is 10.3 Å². The lowest BCUT2D eigenvalue weighted by atomic mass is 10.0. The Balaban J connectivity index is 2.41. The Bertz CT molecular complexity index is 490. The van der Waals surface area contributed by atoms with E-state index in [0.717, 1.165) is 26.9 Å². The number of nitrogen functional groups attached to an aromatic ring is 1. The van der Waals surface area contributed by atoms with Gasteiger partial charge >= 0.3 is 0 Å². The maximum absolute atomic E-state index is 5.90. The average molecular weight is 257 g/mol. The monoisotopic (exact) mass is 256 g/mol. The zero-order chi connectivity index (χ0) is 11.7. The lowest BCUT2D eigenvalue weighted by Gasteiger charge is -2.03. The number of halogens is 1. The molecule has 86 valence electrons. The molecule has 0 saturated heterocycles. The lowest BCUT2D eigenvalue weighted by Crippen LogP contribution is -1.98. The van der Waals surface area contributed by atoms with E-state index in [2.05, 4.69) is 19.0 Å². The van der Waals surface area contributed by atoms with Gasteiger partial charge in [0.05, 0.1) is 9.21 Å². The summed E-state index contributed by atoms with van der Waals surface area (Å²) in [6.45, 7) is 4.27. The second-order valence-electron chi connectivity index (χ2n) is 4.08. The van der Waals surface area contributed by atoms with Gasteiger partial charge in [0.15, 0.2) is 0 Å². The van der Waals surface area contributed by atoms with E-state index in [4.69, 9.17) is 21.9 Å². The summed E-state index contributed by atoms with van der Waals surface area (Å²) in [5, 5.41) is 4.00. The number of nitrogens with zero attached hydrogens (tertiary/aromatic N) is 1. The molecule has 0 unspecified atom stereocenters. The molecule has 0 amide bonds. The summed E-state index contributed by atoms with van der Waals surface area (Å²) in [5.74, 6) is 0.920. The van der Waals surface area contributed by atoms with Crippen molar-refractivity contribution in [3.8, 4) is 10.6 Å². The molecule has 2 N–H and O–H groups in total. The van der Waals surface area contributed by atoms with E-state index in [1.165, 1.54) is 11.3 Å². The minimum absolute atomic E-state index is 0.410. The van der Waals surface area contributed by atoms with Crippen LogP contribution in [-0.2, 0) is 6.42 Å².